The van der Waals surface area contributed by atoms with Crippen LogP contribution >= 0.6 is 0 Å². The van der Waals surface area contributed by atoms with Gasteiger partial charge in [-0.3, -0.25) is 14.3 Å². The summed E-state index contributed by atoms with van der Waals surface area (Å²) >= 11 is 0. The number of primary amides is 1. The molecule has 3 N–H and O–H groups in total. The molecule has 1 heterocycles. The summed E-state index contributed by atoms with van der Waals surface area (Å²) in [5.41, 5.74) is 11.9. The summed E-state index contributed by atoms with van der Waals surface area (Å²) in [6.45, 7) is 4.36. The van der Waals surface area contributed by atoms with Crippen LogP contribution in [0.5, 0.6) is 11.5 Å². The summed E-state index contributed by atoms with van der Waals surface area (Å²) in [5, 5.41) is 8.44. The lowest BCUT2D eigenvalue weighted by Gasteiger charge is -2.09. The van der Waals surface area contributed by atoms with E-state index in [1.165, 1.54) is 13.3 Å². The molecule has 2 aromatic carbocycles. The van der Waals surface area contributed by atoms with Crippen molar-refractivity contribution in [3.63, 3.8) is 0 Å². The number of hydrogen-bond acceptors (Lipinski definition) is 6. The van der Waals surface area contributed by atoms with E-state index >= 15 is 0 Å². The summed E-state index contributed by atoms with van der Waals surface area (Å²) in [6, 6.07) is 14.3. The summed E-state index contributed by atoms with van der Waals surface area (Å²) in [4.78, 5) is 23.2. The van der Waals surface area contributed by atoms with Crippen molar-refractivity contribution in [1.82, 2.24) is 15.2 Å². The Hall–Kier alpha value is -4.14. The Bertz CT molecular complexity index is 1140. The smallest absolute Gasteiger partial charge is 0.271 e. The van der Waals surface area contributed by atoms with Crippen molar-refractivity contribution in [3.05, 3.63) is 76.6 Å². The second-order valence-electron chi connectivity index (χ2n) is 7.15. The van der Waals surface area contributed by atoms with Crippen LogP contribution in [0.15, 0.2) is 53.6 Å². The van der Waals surface area contributed by atoms with E-state index in [-0.39, 0.29) is 12.5 Å². The quantitative estimate of drug-likeness (QED) is 0.394. The number of hydrazone groups is 1. The fourth-order valence-corrected chi connectivity index (χ4v) is 3.03. The van der Waals surface area contributed by atoms with Gasteiger partial charge in [-0.2, -0.15) is 10.2 Å². The van der Waals surface area contributed by atoms with E-state index in [1.54, 1.807) is 30.3 Å². The van der Waals surface area contributed by atoms with Crippen molar-refractivity contribution in [2.45, 2.75) is 20.4 Å². The molecule has 0 saturated carbocycles. The molecule has 3 aromatic rings. The van der Waals surface area contributed by atoms with Gasteiger partial charge >= 0.3 is 0 Å². The fraction of sp³-hybridized carbons (Fsp3) is 0.217. The number of carbonyl (C=O) groups excluding carboxylic acids is 2. The molecule has 9 heteroatoms. The van der Waals surface area contributed by atoms with E-state index in [4.69, 9.17) is 15.2 Å². The maximum absolute atomic E-state index is 12.4. The molecule has 0 saturated heterocycles. The number of hydrogen-bond donors (Lipinski definition) is 2. The third-order valence-electron chi connectivity index (χ3n) is 4.59. The first-order valence-corrected chi connectivity index (χ1v) is 9.88. The zero-order valence-corrected chi connectivity index (χ0v) is 18.2. The first-order valence-electron chi connectivity index (χ1n) is 9.88. The van der Waals surface area contributed by atoms with Gasteiger partial charge in [0.05, 0.1) is 25.6 Å². The average Bonchev–Trinajstić information content (AvgIpc) is 3.09. The molecule has 3 rings (SSSR count). The second-order valence-corrected chi connectivity index (χ2v) is 7.15. The van der Waals surface area contributed by atoms with Crippen LogP contribution in [-0.4, -0.2) is 41.5 Å². The van der Waals surface area contributed by atoms with Gasteiger partial charge in [0.2, 0.25) is 0 Å². The number of methoxy groups -OCH3 is 1. The van der Waals surface area contributed by atoms with Crippen LogP contribution in [0.3, 0.4) is 0 Å². The number of nitrogens with two attached hydrogens (primary N) is 1. The fourth-order valence-electron chi connectivity index (χ4n) is 3.03. The highest BCUT2D eigenvalue weighted by Gasteiger charge is 2.08. The van der Waals surface area contributed by atoms with Gasteiger partial charge in [0.1, 0.15) is 0 Å². The van der Waals surface area contributed by atoms with E-state index in [2.05, 4.69) is 15.6 Å². The minimum Gasteiger partial charge on any atom is -0.493 e. The van der Waals surface area contributed by atoms with Gasteiger partial charge in [-0.15, -0.1) is 0 Å². The van der Waals surface area contributed by atoms with E-state index < -0.39 is 5.91 Å². The van der Waals surface area contributed by atoms with Gasteiger partial charge in [0, 0.05) is 11.3 Å². The van der Waals surface area contributed by atoms with Gasteiger partial charge < -0.3 is 15.2 Å². The Kier molecular flexibility index (Phi) is 7.22. The number of nitrogens with one attached hydrogen (secondary N) is 1. The molecule has 0 bridgehead atoms. The zero-order valence-electron chi connectivity index (χ0n) is 18.2. The molecule has 0 unspecified atom stereocenters. The number of benzene rings is 2. The molecule has 32 heavy (non-hydrogen) atoms. The Morgan fingerprint density at radius 1 is 1.12 bits per heavy atom. The van der Waals surface area contributed by atoms with Crippen molar-refractivity contribution in [3.8, 4) is 11.5 Å². The lowest BCUT2D eigenvalue weighted by Crippen LogP contribution is -2.20. The average molecular weight is 435 g/mol. The van der Waals surface area contributed by atoms with Crippen molar-refractivity contribution >= 4 is 18.0 Å². The maximum Gasteiger partial charge on any atom is 0.271 e. The van der Waals surface area contributed by atoms with Crippen LogP contribution in [0.25, 0.3) is 0 Å². The highest BCUT2D eigenvalue weighted by molar-refractivity contribution is 5.95. The molecule has 0 atom stereocenters. The van der Waals surface area contributed by atoms with E-state index in [9.17, 15) is 9.59 Å². The van der Waals surface area contributed by atoms with Crippen molar-refractivity contribution in [2.24, 2.45) is 10.8 Å². The second kappa shape index (κ2) is 10.3. The topological polar surface area (TPSA) is 121 Å². The Morgan fingerprint density at radius 2 is 1.88 bits per heavy atom. The lowest BCUT2D eigenvalue weighted by atomic mass is 10.1. The summed E-state index contributed by atoms with van der Waals surface area (Å²) in [6.07, 6.45) is 1.48. The van der Waals surface area contributed by atoms with Gasteiger partial charge in [-0.05, 0) is 61.4 Å². The van der Waals surface area contributed by atoms with Crippen molar-refractivity contribution < 1.29 is 19.1 Å². The predicted molar refractivity (Wildman–Crippen MR) is 120 cm³/mol. The summed E-state index contributed by atoms with van der Waals surface area (Å²) in [5.74, 6) is -0.111. The normalized spacial score (nSPS) is 10.8. The van der Waals surface area contributed by atoms with Crippen molar-refractivity contribution in [2.75, 3.05) is 13.7 Å². The van der Waals surface area contributed by atoms with Gasteiger partial charge in [0.25, 0.3) is 11.8 Å². The number of aromatic nitrogens is 2. The molecule has 0 aliphatic heterocycles. The third kappa shape index (κ3) is 5.94. The van der Waals surface area contributed by atoms with Crippen molar-refractivity contribution in [1.29, 1.82) is 0 Å². The predicted octanol–water partition coefficient (Wildman–Crippen LogP) is 2.18. The van der Waals surface area contributed by atoms with Gasteiger partial charge in [-0.1, -0.05) is 12.1 Å². The SMILES string of the molecule is COc1cc(C=NNC(=O)c2ccc(Cn3nc(C)cc3C)cc2)ccc1OCC(N)=O. The minimum atomic E-state index is -0.583. The number of ether oxygens (including phenoxy) is 2. The monoisotopic (exact) mass is 435 g/mol. The minimum absolute atomic E-state index is 0.250. The summed E-state index contributed by atoms with van der Waals surface area (Å²) < 4.78 is 12.4. The molecular weight excluding hydrogens is 410 g/mol. The largest absolute Gasteiger partial charge is 0.493 e. The molecule has 0 fully saturated rings. The molecule has 0 radical (unpaired) electrons. The number of rotatable bonds is 9. The number of amides is 2. The molecule has 0 spiro atoms. The Morgan fingerprint density at radius 3 is 2.50 bits per heavy atom. The van der Waals surface area contributed by atoms with Gasteiger partial charge in [0.15, 0.2) is 18.1 Å². The maximum atomic E-state index is 12.4. The molecular formula is C23H25N5O4. The third-order valence-corrected chi connectivity index (χ3v) is 4.59. The Balaban J connectivity index is 1.59. The first-order chi connectivity index (χ1) is 15.4. The standard InChI is InChI=1S/C23H25N5O4/c1-15-10-16(2)28(27-15)13-17-4-7-19(8-5-17)23(30)26-25-12-18-6-9-20(21(11-18)31-3)32-14-22(24)29/h4-12H,13-14H2,1-3H3,(H2,24,29)(H,26,30). The highest BCUT2D eigenvalue weighted by atomic mass is 16.5. The molecule has 166 valence electrons. The molecule has 9 nitrogen and oxygen atoms in total. The first kappa shape index (κ1) is 22.5. The highest BCUT2D eigenvalue weighted by Crippen LogP contribution is 2.27. The van der Waals surface area contributed by atoms with Crippen LogP contribution in [0, 0.1) is 13.8 Å². The van der Waals surface area contributed by atoms with Crippen LogP contribution in [0.4, 0.5) is 0 Å². The Labute approximate surface area is 185 Å². The molecule has 0 aliphatic carbocycles. The number of carbonyl (C=O) groups is 2. The van der Waals surface area contributed by atoms with Crippen LogP contribution in [0.2, 0.25) is 0 Å². The number of nitrogens with zero attached hydrogens (tertiary/aromatic N) is 3. The van der Waals surface area contributed by atoms with Crippen LogP contribution < -0.4 is 20.6 Å². The van der Waals surface area contributed by atoms with E-state index in [1.807, 2.05) is 36.7 Å². The zero-order chi connectivity index (χ0) is 23.1. The number of aryl methyl sites for hydroxylation is 2. The molecule has 2 amide bonds. The van der Waals surface area contributed by atoms with E-state index in [0.29, 0.717) is 29.2 Å². The molecule has 0 aliphatic rings. The lowest BCUT2D eigenvalue weighted by molar-refractivity contribution is -0.119. The van der Waals surface area contributed by atoms with Crippen LogP contribution in [0.1, 0.15) is 32.9 Å². The molecule has 1 aromatic heterocycles. The van der Waals surface area contributed by atoms with Gasteiger partial charge in [-0.25, -0.2) is 5.43 Å². The van der Waals surface area contributed by atoms with Crippen LogP contribution in [-0.2, 0) is 11.3 Å². The van der Waals surface area contributed by atoms with E-state index in [0.717, 1.165) is 17.0 Å². The summed E-state index contributed by atoms with van der Waals surface area (Å²) in [7, 11) is 1.48.